The molecule has 2 unspecified atom stereocenters. The van der Waals surface area contributed by atoms with Crippen molar-refractivity contribution in [1.29, 1.82) is 0 Å². The van der Waals surface area contributed by atoms with Gasteiger partial charge in [-0.3, -0.25) is 4.40 Å². The van der Waals surface area contributed by atoms with Gasteiger partial charge in [0, 0.05) is 19.3 Å². The van der Waals surface area contributed by atoms with E-state index in [1.165, 1.54) is 0 Å². The fourth-order valence-corrected chi connectivity index (χ4v) is 2.84. The van der Waals surface area contributed by atoms with Crippen molar-refractivity contribution in [2.45, 2.75) is 32.6 Å². The molecule has 0 aliphatic heterocycles. The van der Waals surface area contributed by atoms with E-state index in [1.807, 2.05) is 73.0 Å². The van der Waals surface area contributed by atoms with Gasteiger partial charge in [-0.05, 0) is 31.5 Å². The SMILES string of the molecule is CCNC(=NCc1nnc2ccccn12)NCC(O)COC(C)c1ccccc1.I. The maximum Gasteiger partial charge on any atom is 0.191 e. The highest BCUT2D eigenvalue weighted by molar-refractivity contribution is 14.0. The normalized spacial score (nSPS) is 13.5. The third kappa shape index (κ3) is 6.92. The molecule has 2 aromatic heterocycles. The highest BCUT2D eigenvalue weighted by atomic mass is 127. The number of nitrogens with zero attached hydrogens (tertiary/aromatic N) is 4. The number of aliphatic hydroxyl groups excluding tert-OH is 1. The second kappa shape index (κ2) is 12.5. The molecule has 30 heavy (non-hydrogen) atoms. The summed E-state index contributed by atoms with van der Waals surface area (Å²) in [5.41, 5.74) is 1.87. The summed E-state index contributed by atoms with van der Waals surface area (Å²) >= 11 is 0. The zero-order valence-electron chi connectivity index (χ0n) is 17.2. The second-order valence-corrected chi connectivity index (χ2v) is 6.66. The van der Waals surface area contributed by atoms with Gasteiger partial charge >= 0.3 is 0 Å². The maximum atomic E-state index is 10.3. The monoisotopic (exact) mass is 524 g/mol. The minimum absolute atomic E-state index is 0. The van der Waals surface area contributed by atoms with Crippen LogP contribution in [-0.4, -0.2) is 51.5 Å². The number of benzene rings is 1. The lowest BCUT2D eigenvalue weighted by atomic mass is 10.1. The topological polar surface area (TPSA) is 96.1 Å². The standard InChI is InChI=1S/C21H28N6O2.HI/c1-3-22-21(24-14-20-26-25-19-11-7-8-12-27(19)20)23-13-18(28)15-29-16(2)17-9-5-4-6-10-17;/h4-12,16,18,28H,3,13-15H2,1-2H3,(H2,22,23,24);1H. The number of hydrogen-bond acceptors (Lipinski definition) is 5. The van der Waals surface area contributed by atoms with Gasteiger partial charge < -0.3 is 20.5 Å². The minimum atomic E-state index is -0.654. The van der Waals surface area contributed by atoms with E-state index >= 15 is 0 Å². The van der Waals surface area contributed by atoms with Crippen LogP contribution in [0.4, 0.5) is 0 Å². The third-order valence-corrected chi connectivity index (χ3v) is 4.42. The summed E-state index contributed by atoms with van der Waals surface area (Å²) in [6, 6.07) is 15.7. The molecule has 162 valence electrons. The number of hydrogen-bond donors (Lipinski definition) is 3. The average Bonchev–Trinajstić information content (AvgIpc) is 3.17. The average molecular weight is 524 g/mol. The van der Waals surface area contributed by atoms with E-state index in [0.717, 1.165) is 17.0 Å². The first-order chi connectivity index (χ1) is 14.2. The van der Waals surface area contributed by atoms with Gasteiger partial charge in [0.15, 0.2) is 17.4 Å². The Labute approximate surface area is 193 Å². The highest BCUT2D eigenvalue weighted by Gasteiger charge is 2.11. The summed E-state index contributed by atoms with van der Waals surface area (Å²) in [4.78, 5) is 4.54. The van der Waals surface area contributed by atoms with Crippen molar-refractivity contribution < 1.29 is 9.84 Å². The molecule has 9 heteroatoms. The summed E-state index contributed by atoms with van der Waals surface area (Å²) in [5, 5.41) is 24.9. The minimum Gasteiger partial charge on any atom is -0.389 e. The van der Waals surface area contributed by atoms with Crippen molar-refractivity contribution in [2.24, 2.45) is 4.99 Å². The van der Waals surface area contributed by atoms with Crippen LogP contribution in [0.5, 0.6) is 0 Å². The van der Waals surface area contributed by atoms with Crippen LogP contribution in [0.1, 0.15) is 31.3 Å². The lowest BCUT2D eigenvalue weighted by Crippen LogP contribution is -2.42. The largest absolute Gasteiger partial charge is 0.389 e. The number of aromatic nitrogens is 3. The van der Waals surface area contributed by atoms with Gasteiger partial charge in [-0.1, -0.05) is 36.4 Å². The highest BCUT2D eigenvalue weighted by Crippen LogP contribution is 2.15. The maximum absolute atomic E-state index is 10.3. The number of pyridine rings is 1. The van der Waals surface area contributed by atoms with Crippen LogP contribution in [-0.2, 0) is 11.3 Å². The molecular weight excluding hydrogens is 495 g/mol. The zero-order chi connectivity index (χ0) is 20.5. The molecular formula is C21H29IN6O2. The van der Waals surface area contributed by atoms with Gasteiger partial charge in [-0.25, -0.2) is 4.99 Å². The Morgan fingerprint density at radius 2 is 1.90 bits per heavy atom. The number of guanidine groups is 1. The predicted molar refractivity (Wildman–Crippen MR) is 128 cm³/mol. The van der Waals surface area contributed by atoms with Crippen molar-refractivity contribution in [3.63, 3.8) is 0 Å². The summed E-state index contributed by atoms with van der Waals surface area (Å²) < 4.78 is 7.68. The molecule has 0 saturated carbocycles. The van der Waals surface area contributed by atoms with Crippen molar-refractivity contribution in [3.8, 4) is 0 Å². The Hall–Kier alpha value is -2.24. The number of nitrogens with one attached hydrogen (secondary N) is 2. The Morgan fingerprint density at radius 1 is 1.13 bits per heavy atom. The van der Waals surface area contributed by atoms with E-state index in [9.17, 15) is 5.11 Å². The molecule has 0 radical (unpaired) electrons. The number of rotatable bonds is 9. The van der Waals surface area contributed by atoms with Crippen LogP contribution >= 0.6 is 24.0 Å². The van der Waals surface area contributed by atoms with Crippen molar-refractivity contribution >= 4 is 35.6 Å². The van der Waals surface area contributed by atoms with Crippen molar-refractivity contribution in [2.75, 3.05) is 19.7 Å². The van der Waals surface area contributed by atoms with Crippen LogP contribution < -0.4 is 10.6 Å². The van der Waals surface area contributed by atoms with Crippen LogP contribution in [0, 0.1) is 0 Å². The molecule has 3 aromatic rings. The number of aliphatic imine (C=N–C) groups is 1. The summed E-state index contributed by atoms with van der Waals surface area (Å²) in [6.07, 6.45) is 1.18. The molecule has 0 bridgehead atoms. The number of halogens is 1. The fourth-order valence-electron chi connectivity index (χ4n) is 2.84. The van der Waals surface area contributed by atoms with Crippen LogP contribution in [0.3, 0.4) is 0 Å². The van der Waals surface area contributed by atoms with E-state index in [-0.39, 0.29) is 36.7 Å². The van der Waals surface area contributed by atoms with E-state index in [2.05, 4.69) is 25.8 Å². The molecule has 0 aliphatic carbocycles. The lowest BCUT2D eigenvalue weighted by molar-refractivity contribution is -0.000599. The van der Waals surface area contributed by atoms with Gasteiger partial charge in [0.25, 0.3) is 0 Å². The number of ether oxygens (including phenoxy) is 1. The Kier molecular flexibility index (Phi) is 9.98. The zero-order valence-corrected chi connectivity index (χ0v) is 19.6. The fraction of sp³-hybridized carbons (Fsp3) is 0.381. The van der Waals surface area contributed by atoms with E-state index < -0.39 is 6.10 Å². The quantitative estimate of drug-likeness (QED) is 0.226. The Morgan fingerprint density at radius 3 is 2.67 bits per heavy atom. The lowest BCUT2D eigenvalue weighted by Gasteiger charge is -2.18. The molecule has 3 N–H and O–H groups in total. The molecule has 8 nitrogen and oxygen atoms in total. The second-order valence-electron chi connectivity index (χ2n) is 6.66. The molecule has 2 heterocycles. The van der Waals surface area contributed by atoms with Gasteiger partial charge in [0.2, 0.25) is 0 Å². The van der Waals surface area contributed by atoms with Crippen LogP contribution in [0.15, 0.2) is 59.7 Å². The predicted octanol–water partition coefficient (Wildman–Crippen LogP) is 2.54. The Balaban J connectivity index is 0.00000320. The van der Waals surface area contributed by atoms with Crippen molar-refractivity contribution in [3.05, 3.63) is 66.1 Å². The van der Waals surface area contributed by atoms with E-state index in [0.29, 0.717) is 25.6 Å². The van der Waals surface area contributed by atoms with E-state index in [1.54, 1.807) is 0 Å². The first-order valence-electron chi connectivity index (χ1n) is 9.82. The van der Waals surface area contributed by atoms with Gasteiger partial charge in [-0.2, -0.15) is 0 Å². The molecule has 0 spiro atoms. The molecule has 0 aliphatic rings. The molecule has 2 atom stereocenters. The summed E-state index contributed by atoms with van der Waals surface area (Å²) in [5.74, 6) is 1.36. The van der Waals surface area contributed by atoms with Crippen LogP contribution in [0.2, 0.25) is 0 Å². The first-order valence-corrected chi connectivity index (χ1v) is 9.82. The molecule has 0 saturated heterocycles. The van der Waals surface area contributed by atoms with Crippen LogP contribution in [0.25, 0.3) is 5.65 Å². The summed E-state index contributed by atoms with van der Waals surface area (Å²) in [7, 11) is 0. The molecule has 0 fully saturated rings. The van der Waals surface area contributed by atoms with Gasteiger partial charge in [0.05, 0.1) is 18.8 Å². The van der Waals surface area contributed by atoms with Gasteiger partial charge in [0.1, 0.15) is 6.54 Å². The van der Waals surface area contributed by atoms with Crippen molar-refractivity contribution in [1.82, 2.24) is 25.2 Å². The number of fused-ring (bicyclic) bond motifs is 1. The summed E-state index contributed by atoms with van der Waals surface area (Å²) in [6.45, 7) is 5.61. The molecule has 0 amide bonds. The Bertz CT molecular complexity index is 918. The van der Waals surface area contributed by atoms with Gasteiger partial charge in [-0.15, -0.1) is 34.2 Å². The smallest absolute Gasteiger partial charge is 0.191 e. The van der Waals surface area contributed by atoms with E-state index in [4.69, 9.17) is 4.74 Å². The first kappa shape index (κ1) is 24.0. The molecule has 1 aromatic carbocycles. The molecule has 3 rings (SSSR count). The third-order valence-electron chi connectivity index (χ3n) is 4.42. The number of aliphatic hydroxyl groups is 1.